The molecule has 1 aliphatic carbocycles. The van der Waals surface area contributed by atoms with Crippen molar-refractivity contribution in [3.05, 3.63) is 17.5 Å². The second kappa shape index (κ2) is 5.65. The molecule has 96 valence electrons. The van der Waals surface area contributed by atoms with E-state index in [1.54, 1.807) is 0 Å². The molecule has 3 unspecified atom stereocenters. The first-order valence-electron chi connectivity index (χ1n) is 6.59. The Kier molecular flexibility index (Phi) is 4.18. The van der Waals surface area contributed by atoms with Crippen LogP contribution >= 0.6 is 0 Å². The van der Waals surface area contributed by atoms with Crippen LogP contribution in [-0.2, 0) is 0 Å². The first-order chi connectivity index (χ1) is 8.22. The Morgan fingerprint density at radius 3 is 2.94 bits per heavy atom. The maximum absolute atomic E-state index is 9.40. The zero-order valence-electron chi connectivity index (χ0n) is 10.7. The molecular formula is C13H23N3O. The zero-order chi connectivity index (χ0) is 12.3. The summed E-state index contributed by atoms with van der Waals surface area (Å²) >= 11 is 0. The summed E-state index contributed by atoms with van der Waals surface area (Å²) in [5, 5.41) is 20.1. The summed E-state index contributed by atoms with van der Waals surface area (Å²) in [6, 6.07) is 0.740. The third kappa shape index (κ3) is 2.87. The second-order valence-electron chi connectivity index (χ2n) is 5.17. The number of H-pyrrole nitrogens is 1. The molecule has 0 saturated heterocycles. The molecule has 17 heavy (non-hydrogen) atoms. The van der Waals surface area contributed by atoms with E-state index < -0.39 is 0 Å². The molecule has 0 spiro atoms. The van der Waals surface area contributed by atoms with Crippen LogP contribution in [0.1, 0.15) is 49.9 Å². The van der Waals surface area contributed by atoms with Crippen molar-refractivity contribution in [3.63, 3.8) is 0 Å². The Balaban J connectivity index is 1.97. The molecule has 3 N–H and O–H groups in total. The molecule has 1 fully saturated rings. The SMILES string of the molecule is Cc1[nH]ncc1C(C)NC1CCCCC1CO. The monoisotopic (exact) mass is 237 g/mol. The normalized spacial score (nSPS) is 27.0. The van der Waals surface area contributed by atoms with Crippen LogP contribution in [0, 0.1) is 12.8 Å². The predicted octanol–water partition coefficient (Wildman–Crippen LogP) is 1.92. The van der Waals surface area contributed by atoms with E-state index in [9.17, 15) is 5.11 Å². The molecule has 0 bridgehead atoms. The number of rotatable bonds is 4. The van der Waals surface area contributed by atoms with Crippen LogP contribution in [0.5, 0.6) is 0 Å². The van der Waals surface area contributed by atoms with E-state index in [0.29, 0.717) is 24.6 Å². The third-order valence-corrected chi connectivity index (χ3v) is 3.94. The summed E-state index contributed by atoms with van der Waals surface area (Å²) in [5.74, 6) is 0.415. The largest absolute Gasteiger partial charge is 0.396 e. The number of nitrogens with one attached hydrogen (secondary N) is 2. The van der Waals surface area contributed by atoms with Gasteiger partial charge in [-0.3, -0.25) is 5.10 Å². The topological polar surface area (TPSA) is 60.9 Å². The number of hydrogen-bond acceptors (Lipinski definition) is 3. The highest BCUT2D eigenvalue weighted by Crippen LogP contribution is 2.26. The van der Waals surface area contributed by atoms with Crippen molar-refractivity contribution in [3.8, 4) is 0 Å². The number of aromatic amines is 1. The standard InChI is InChI=1S/C13H23N3O/c1-9(12-7-14-16-10(12)2)15-13-6-4-3-5-11(13)8-17/h7,9,11,13,15,17H,3-6,8H2,1-2H3,(H,14,16). The lowest BCUT2D eigenvalue weighted by molar-refractivity contribution is 0.147. The van der Waals surface area contributed by atoms with Crippen LogP contribution in [-0.4, -0.2) is 28.0 Å². The Labute approximate surface area is 103 Å². The molecule has 3 atom stereocenters. The van der Waals surface area contributed by atoms with Crippen LogP contribution in [0.4, 0.5) is 0 Å². The molecule has 1 aromatic rings. The minimum absolute atomic E-state index is 0.297. The molecule has 4 heteroatoms. The smallest absolute Gasteiger partial charge is 0.0537 e. The van der Waals surface area contributed by atoms with Crippen LogP contribution in [0.15, 0.2) is 6.20 Å². The fraction of sp³-hybridized carbons (Fsp3) is 0.769. The molecular weight excluding hydrogens is 214 g/mol. The fourth-order valence-corrected chi connectivity index (χ4v) is 2.85. The van der Waals surface area contributed by atoms with E-state index in [4.69, 9.17) is 0 Å². The average molecular weight is 237 g/mol. The van der Waals surface area contributed by atoms with Crippen molar-refractivity contribution in [2.45, 2.75) is 51.6 Å². The molecule has 0 radical (unpaired) electrons. The van der Waals surface area contributed by atoms with Gasteiger partial charge in [0.25, 0.3) is 0 Å². The highest BCUT2D eigenvalue weighted by molar-refractivity contribution is 5.18. The fourth-order valence-electron chi connectivity index (χ4n) is 2.85. The van der Waals surface area contributed by atoms with E-state index in [-0.39, 0.29) is 0 Å². The highest BCUT2D eigenvalue weighted by Gasteiger charge is 2.26. The summed E-state index contributed by atoms with van der Waals surface area (Å²) in [4.78, 5) is 0. The summed E-state index contributed by atoms with van der Waals surface area (Å²) in [6.45, 7) is 4.51. The lowest BCUT2D eigenvalue weighted by atomic mass is 9.84. The van der Waals surface area contributed by atoms with E-state index in [1.807, 2.05) is 13.1 Å². The minimum atomic E-state index is 0.297. The molecule has 1 heterocycles. The van der Waals surface area contributed by atoms with Gasteiger partial charge < -0.3 is 10.4 Å². The Hall–Kier alpha value is -0.870. The number of hydrogen-bond donors (Lipinski definition) is 3. The van der Waals surface area contributed by atoms with Gasteiger partial charge >= 0.3 is 0 Å². The summed E-state index contributed by atoms with van der Waals surface area (Å²) in [7, 11) is 0. The zero-order valence-corrected chi connectivity index (χ0v) is 10.7. The average Bonchev–Trinajstić information content (AvgIpc) is 2.76. The Bertz CT molecular complexity index is 350. The molecule has 1 aromatic heterocycles. The van der Waals surface area contributed by atoms with E-state index in [1.165, 1.54) is 24.8 Å². The summed E-state index contributed by atoms with van der Waals surface area (Å²) < 4.78 is 0. The van der Waals surface area contributed by atoms with Gasteiger partial charge in [-0.05, 0) is 32.6 Å². The van der Waals surface area contributed by atoms with E-state index >= 15 is 0 Å². The maximum Gasteiger partial charge on any atom is 0.0537 e. The Morgan fingerprint density at radius 1 is 1.53 bits per heavy atom. The maximum atomic E-state index is 9.40. The predicted molar refractivity (Wildman–Crippen MR) is 67.7 cm³/mol. The van der Waals surface area contributed by atoms with Gasteiger partial charge in [-0.2, -0.15) is 5.10 Å². The van der Waals surface area contributed by atoms with Crippen molar-refractivity contribution in [2.75, 3.05) is 6.61 Å². The van der Waals surface area contributed by atoms with Crippen molar-refractivity contribution < 1.29 is 5.11 Å². The van der Waals surface area contributed by atoms with Gasteiger partial charge in [0.2, 0.25) is 0 Å². The first-order valence-corrected chi connectivity index (χ1v) is 6.59. The molecule has 0 amide bonds. The lowest BCUT2D eigenvalue weighted by Gasteiger charge is -2.33. The van der Waals surface area contributed by atoms with Crippen molar-refractivity contribution in [1.82, 2.24) is 15.5 Å². The molecule has 4 nitrogen and oxygen atoms in total. The number of aliphatic hydroxyl groups is 1. The molecule has 2 rings (SSSR count). The van der Waals surface area contributed by atoms with Gasteiger partial charge in [0.1, 0.15) is 0 Å². The minimum Gasteiger partial charge on any atom is -0.396 e. The van der Waals surface area contributed by atoms with Crippen molar-refractivity contribution >= 4 is 0 Å². The first kappa shape index (κ1) is 12.6. The van der Waals surface area contributed by atoms with Gasteiger partial charge in [0, 0.05) is 29.9 Å². The summed E-state index contributed by atoms with van der Waals surface area (Å²) in [5.41, 5.74) is 2.36. The third-order valence-electron chi connectivity index (χ3n) is 3.94. The molecule has 0 aliphatic heterocycles. The van der Waals surface area contributed by atoms with Gasteiger partial charge in [-0.15, -0.1) is 0 Å². The van der Waals surface area contributed by atoms with Crippen molar-refractivity contribution in [1.29, 1.82) is 0 Å². The van der Waals surface area contributed by atoms with Crippen LogP contribution in [0.2, 0.25) is 0 Å². The number of aryl methyl sites for hydroxylation is 1. The second-order valence-corrected chi connectivity index (χ2v) is 5.17. The van der Waals surface area contributed by atoms with Gasteiger partial charge in [-0.25, -0.2) is 0 Å². The quantitative estimate of drug-likeness (QED) is 0.749. The summed E-state index contributed by atoms with van der Waals surface area (Å²) in [6.07, 6.45) is 6.73. The molecule has 0 aromatic carbocycles. The lowest BCUT2D eigenvalue weighted by Crippen LogP contribution is -2.41. The number of nitrogens with zero attached hydrogens (tertiary/aromatic N) is 1. The van der Waals surface area contributed by atoms with Gasteiger partial charge in [0.15, 0.2) is 0 Å². The highest BCUT2D eigenvalue weighted by atomic mass is 16.3. The van der Waals surface area contributed by atoms with Crippen LogP contribution in [0.3, 0.4) is 0 Å². The van der Waals surface area contributed by atoms with E-state index in [0.717, 1.165) is 12.1 Å². The van der Waals surface area contributed by atoms with Crippen LogP contribution in [0.25, 0.3) is 0 Å². The Morgan fingerprint density at radius 2 is 2.29 bits per heavy atom. The number of aliphatic hydroxyl groups excluding tert-OH is 1. The number of aromatic nitrogens is 2. The van der Waals surface area contributed by atoms with Gasteiger partial charge in [-0.1, -0.05) is 12.8 Å². The van der Waals surface area contributed by atoms with Crippen LogP contribution < -0.4 is 5.32 Å². The molecule has 1 aliphatic rings. The van der Waals surface area contributed by atoms with Gasteiger partial charge in [0.05, 0.1) is 6.20 Å². The van der Waals surface area contributed by atoms with E-state index in [2.05, 4.69) is 22.4 Å². The molecule has 1 saturated carbocycles. The van der Waals surface area contributed by atoms with Crippen molar-refractivity contribution in [2.24, 2.45) is 5.92 Å².